The minimum absolute atomic E-state index is 0. The van der Waals surface area contributed by atoms with Crippen molar-refractivity contribution in [2.24, 2.45) is 0 Å². The van der Waals surface area contributed by atoms with E-state index in [4.69, 9.17) is 9.47 Å². The molecule has 0 aliphatic carbocycles. The fourth-order valence-corrected chi connectivity index (χ4v) is 2.53. The average molecular weight is 287 g/mol. The highest BCUT2D eigenvalue weighted by Gasteiger charge is 2.22. The van der Waals surface area contributed by atoms with Crippen molar-refractivity contribution in [2.45, 2.75) is 19.0 Å². The fourth-order valence-electron chi connectivity index (χ4n) is 2.53. The number of rotatable bonds is 5. The van der Waals surface area contributed by atoms with Crippen LogP contribution in [0.5, 0.6) is 11.5 Å². The summed E-state index contributed by atoms with van der Waals surface area (Å²) < 4.78 is 10.8. The van der Waals surface area contributed by atoms with Crippen molar-refractivity contribution in [3.8, 4) is 11.5 Å². The number of halogens is 1. The molecule has 1 aromatic carbocycles. The molecule has 1 aromatic rings. The standard InChI is InChI=1S/C14H22N2O2.ClH/c1-15-12-7-8-16(10-12)9-11-5-4-6-13(17-2)14(11)18-3;/h4-6,12,15H,7-10H2,1-3H3;1H. The molecule has 1 heterocycles. The monoisotopic (exact) mass is 286 g/mol. The lowest BCUT2D eigenvalue weighted by Gasteiger charge is -2.19. The third-order valence-electron chi connectivity index (χ3n) is 3.56. The maximum Gasteiger partial charge on any atom is 0.165 e. The van der Waals surface area contributed by atoms with Crippen LogP contribution in [0.4, 0.5) is 0 Å². The van der Waals surface area contributed by atoms with Crippen molar-refractivity contribution in [1.82, 2.24) is 10.2 Å². The van der Waals surface area contributed by atoms with Crippen molar-refractivity contribution in [1.29, 1.82) is 0 Å². The van der Waals surface area contributed by atoms with Crippen LogP contribution in [0, 0.1) is 0 Å². The van der Waals surface area contributed by atoms with Crippen molar-refractivity contribution in [2.75, 3.05) is 34.4 Å². The Morgan fingerprint density at radius 1 is 1.32 bits per heavy atom. The Morgan fingerprint density at radius 3 is 2.68 bits per heavy atom. The van der Waals surface area contributed by atoms with E-state index in [9.17, 15) is 0 Å². The Bertz CT molecular complexity index is 401. The van der Waals surface area contributed by atoms with Gasteiger partial charge in [0.05, 0.1) is 14.2 Å². The molecule has 0 amide bonds. The fraction of sp³-hybridized carbons (Fsp3) is 0.571. The molecule has 19 heavy (non-hydrogen) atoms. The van der Waals surface area contributed by atoms with Crippen LogP contribution in [-0.4, -0.2) is 45.3 Å². The van der Waals surface area contributed by atoms with E-state index < -0.39 is 0 Å². The van der Waals surface area contributed by atoms with Gasteiger partial charge >= 0.3 is 0 Å². The smallest absolute Gasteiger partial charge is 0.165 e. The number of nitrogens with zero attached hydrogens (tertiary/aromatic N) is 1. The highest BCUT2D eigenvalue weighted by molar-refractivity contribution is 5.85. The maximum atomic E-state index is 5.46. The molecule has 1 atom stereocenters. The molecule has 1 aliphatic heterocycles. The lowest BCUT2D eigenvalue weighted by Crippen LogP contribution is -2.29. The van der Waals surface area contributed by atoms with Gasteiger partial charge in [-0.1, -0.05) is 12.1 Å². The summed E-state index contributed by atoms with van der Waals surface area (Å²) in [4.78, 5) is 2.44. The first-order valence-electron chi connectivity index (χ1n) is 6.38. The lowest BCUT2D eigenvalue weighted by atomic mass is 10.1. The zero-order chi connectivity index (χ0) is 13.0. The van der Waals surface area contributed by atoms with Gasteiger partial charge in [0.15, 0.2) is 11.5 Å². The largest absolute Gasteiger partial charge is 0.493 e. The van der Waals surface area contributed by atoms with Crippen LogP contribution in [0.3, 0.4) is 0 Å². The van der Waals surface area contributed by atoms with Crippen molar-refractivity contribution in [3.05, 3.63) is 23.8 Å². The zero-order valence-electron chi connectivity index (χ0n) is 11.8. The van der Waals surface area contributed by atoms with Gasteiger partial charge in [-0.3, -0.25) is 4.90 Å². The summed E-state index contributed by atoms with van der Waals surface area (Å²) in [5.74, 6) is 1.66. The number of hydrogen-bond donors (Lipinski definition) is 1. The Hall–Kier alpha value is -0.970. The predicted octanol–water partition coefficient (Wildman–Crippen LogP) is 1.92. The summed E-state index contributed by atoms with van der Waals surface area (Å²) in [6.07, 6.45) is 1.21. The Morgan fingerprint density at radius 2 is 2.11 bits per heavy atom. The molecule has 108 valence electrons. The molecule has 0 spiro atoms. The number of benzene rings is 1. The van der Waals surface area contributed by atoms with Gasteiger partial charge in [-0.2, -0.15) is 0 Å². The summed E-state index contributed by atoms with van der Waals surface area (Å²) in [7, 11) is 5.40. The van der Waals surface area contributed by atoms with E-state index >= 15 is 0 Å². The quantitative estimate of drug-likeness (QED) is 0.897. The number of nitrogens with one attached hydrogen (secondary N) is 1. The van der Waals surface area contributed by atoms with Crippen LogP contribution >= 0.6 is 12.4 Å². The van der Waals surface area contributed by atoms with E-state index in [0.29, 0.717) is 6.04 Å². The Kier molecular flexibility index (Phi) is 6.42. The predicted molar refractivity (Wildman–Crippen MR) is 79.5 cm³/mol. The second-order valence-corrected chi connectivity index (χ2v) is 4.66. The average Bonchev–Trinajstić information content (AvgIpc) is 2.86. The highest BCUT2D eigenvalue weighted by Crippen LogP contribution is 2.32. The van der Waals surface area contributed by atoms with Gasteiger partial charge in [0.2, 0.25) is 0 Å². The van der Waals surface area contributed by atoms with E-state index in [0.717, 1.165) is 31.1 Å². The van der Waals surface area contributed by atoms with Crippen LogP contribution < -0.4 is 14.8 Å². The van der Waals surface area contributed by atoms with Gasteiger partial charge < -0.3 is 14.8 Å². The van der Waals surface area contributed by atoms with Gasteiger partial charge in [0.25, 0.3) is 0 Å². The van der Waals surface area contributed by atoms with Gasteiger partial charge in [-0.15, -0.1) is 12.4 Å². The molecule has 0 radical (unpaired) electrons. The van der Waals surface area contributed by atoms with Gasteiger partial charge in [-0.25, -0.2) is 0 Å². The molecule has 1 unspecified atom stereocenters. The van der Waals surface area contributed by atoms with E-state index in [1.54, 1.807) is 14.2 Å². The van der Waals surface area contributed by atoms with E-state index in [-0.39, 0.29) is 12.4 Å². The molecule has 4 nitrogen and oxygen atoms in total. The van der Waals surface area contributed by atoms with E-state index in [2.05, 4.69) is 16.3 Å². The minimum Gasteiger partial charge on any atom is -0.493 e. The second kappa shape index (κ2) is 7.58. The van der Waals surface area contributed by atoms with Crippen molar-refractivity contribution < 1.29 is 9.47 Å². The second-order valence-electron chi connectivity index (χ2n) is 4.66. The van der Waals surface area contributed by atoms with Crippen LogP contribution in [0.2, 0.25) is 0 Å². The SMILES string of the molecule is CNC1CCN(Cc2cccc(OC)c2OC)C1.Cl. The molecule has 5 heteroatoms. The lowest BCUT2D eigenvalue weighted by molar-refractivity contribution is 0.306. The first kappa shape index (κ1) is 16.1. The molecule has 1 fully saturated rings. The maximum absolute atomic E-state index is 5.46. The number of likely N-dealkylation sites (N-methyl/N-ethyl adjacent to an activating group) is 1. The summed E-state index contributed by atoms with van der Waals surface area (Å²) in [5, 5.41) is 3.33. The van der Waals surface area contributed by atoms with E-state index in [1.807, 2.05) is 19.2 Å². The summed E-state index contributed by atoms with van der Waals surface area (Å²) in [6, 6.07) is 6.67. The molecule has 1 saturated heterocycles. The molecule has 0 saturated carbocycles. The third-order valence-corrected chi connectivity index (χ3v) is 3.56. The molecule has 0 bridgehead atoms. The number of methoxy groups -OCH3 is 2. The first-order valence-corrected chi connectivity index (χ1v) is 6.38. The number of likely N-dealkylation sites (tertiary alicyclic amines) is 1. The molecule has 1 N–H and O–H groups in total. The van der Waals surface area contributed by atoms with Crippen LogP contribution in [0.25, 0.3) is 0 Å². The molecular weight excluding hydrogens is 264 g/mol. The van der Waals surface area contributed by atoms with Crippen LogP contribution in [0.15, 0.2) is 18.2 Å². The number of ether oxygens (including phenoxy) is 2. The molecule has 0 aromatic heterocycles. The highest BCUT2D eigenvalue weighted by atomic mass is 35.5. The third kappa shape index (κ3) is 3.75. The number of para-hydroxylation sites is 1. The van der Waals surface area contributed by atoms with E-state index in [1.165, 1.54) is 12.0 Å². The first-order chi connectivity index (χ1) is 8.78. The number of hydrogen-bond acceptors (Lipinski definition) is 4. The topological polar surface area (TPSA) is 33.7 Å². The minimum atomic E-state index is 0. The summed E-state index contributed by atoms with van der Waals surface area (Å²) in [6.45, 7) is 3.14. The summed E-state index contributed by atoms with van der Waals surface area (Å²) >= 11 is 0. The summed E-state index contributed by atoms with van der Waals surface area (Å²) in [5.41, 5.74) is 1.19. The van der Waals surface area contributed by atoms with Crippen LogP contribution in [0.1, 0.15) is 12.0 Å². The Balaban J connectivity index is 0.00000180. The van der Waals surface area contributed by atoms with Crippen LogP contribution in [-0.2, 0) is 6.54 Å². The van der Waals surface area contributed by atoms with Crippen molar-refractivity contribution in [3.63, 3.8) is 0 Å². The van der Waals surface area contributed by atoms with Crippen molar-refractivity contribution >= 4 is 12.4 Å². The molecule has 1 aliphatic rings. The molecular formula is C14H23ClN2O2. The van der Waals surface area contributed by atoms with Gasteiger partial charge in [-0.05, 0) is 19.5 Å². The normalized spacial score (nSPS) is 19.0. The van der Waals surface area contributed by atoms with Gasteiger partial charge in [0, 0.05) is 31.2 Å². The Labute approximate surface area is 121 Å². The molecule has 2 rings (SSSR count). The zero-order valence-corrected chi connectivity index (χ0v) is 12.6. The van der Waals surface area contributed by atoms with Gasteiger partial charge in [0.1, 0.15) is 0 Å².